The summed E-state index contributed by atoms with van der Waals surface area (Å²) in [6.07, 6.45) is 1.51. The Kier molecular flexibility index (Phi) is 3.79. The van der Waals surface area contributed by atoms with Crippen molar-refractivity contribution in [2.24, 2.45) is 5.92 Å². The fourth-order valence-electron chi connectivity index (χ4n) is 2.43. The molecule has 19 heavy (non-hydrogen) atoms. The van der Waals surface area contributed by atoms with Gasteiger partial charge in [0.2, 0.25) is 0 Å². The quantitative estimate of drug-likeness (QED) is 0.762. The van der Waals surface area contributed by atoms with E-state index in [4.69, 9.17) is 0 Å². The molecule has 0 atom stereocenters. The van der Waals surface area contributed by atoms with Crippen molar-refractivity contribution in [1.29, 1.82) is 0 Å². The molecule has 0 spiro atoms. The third-order valence-electron chi connectivity index (χ3n) is 3.63. The normalized spacial score (nSPS) is 14.2. The molecule has 0 aromatic heterocycles. The molecule has 0 aliphatic carbocycles. The Morgan fingerprint density at radius 1 is 1.16 bits per heavy atom. The van der Waals surface area contributed by atoms with Crippen LogP contribution in [0.3, 0.4) is 0 Å². The van der Waals surface area contributed by atoms with E-state index in [0.29, 0.717) is 11.3 Å². The van der Waals surface area contributed by atoms with Gasteiger partial charge in [0.25, 0.3) is 11.7 Å². The Balaban J connectivity index is 2.24. The van der Waals surface area contributed by atoms with Gasteiger partial charge in [-0.25, -0.2) is 0 Å². The second-order valence-electron chi connectivity index (χ2n) is 4.72. The summed E-state index contributed by atoms with van der Waals surface area (Å²) in [7, 11) is 0. The molecule has 0 unspecified atom stereocenters. The van der Waals surface area contributed by atoms with Crippen molar-refractivity contribution in [3.8, 4) is 0 Å². The highest BCUT2D eigenvalue weighted by Crippen LogP contribution is 2.28. The van der Waals surface area contributed by atoms with Gasteiger partial charge in [0, 0.05) is 5.92 Å². The number of rotatable bonds is 5. The Bertz CT molecular complexity index is 532. The van der Waals surface area contributed by atoms with Crippen LogP contribution in [0.4, 0.5) is 5.69 Å². The van der Waals surface area contributed by atoms with E-state index in [1.54, 1.807) is 24.3 Å². The summed E-state index contributed by atoms with van der Waals surface area (Å²) < 4.78 is 0. The zero-order chi connectivity index (χ0) is 14.0. The lowest BCUT2D eigenvalue weighted by molar-refractivity contribution is -0.123. The van der Waals surface area contributed by atoms with Gasteiger partial charge in [0.15, 0.2) is 5.78 Å². The summed E-state index contributed by atoms with van der Waals surface area (Å²) in [5, 5.41) is 0. The van der Waals surface area contributed by atoms with Crippen LogP contribution < -0.4 is 4.90 Å². The first-order chi connectivity index (χ1) is 9.10. The highest BCUT2D eigenvalue weighted by Gasteiger charge is 2.36. The molecule has 0 radical (unpaired) electrons. The molecule has 1 amide bonds. The van der Waals surface area contributed by atoms with Crippen molar-refractivity contribution in [1.82, 2.24) is 0 Å². The Morgan fingerprint density at radius 3 is 2.42 bits per heavy atom. The maximum atomic E-state index is 12.1. The van der Waals surface area contributed by atoms with E-state index < -0.39 is 11.7 Å². The van der Waals surface area contributed by atoms with Gasteiger partial charge in [-0.15, -0.1) is 0 Å². The third kappa shape index (κ3) is 2.30. The van der Waals surface area contributed by atoms with Gasteiger partial charge in [-0.2, -0.15) is 0 Å². The fourth-order valence-corrected chi connectivity index (χ4v) is 2.43. The molecule has 2 rings (SSSR count). The molecule has 1 heterocycles. The molecular weight excluding hydrogens is 242 g/mol. The van der Waals surface area contributed by atoms with E-state index in [0.717, 1.165) is 12.8 Å². The van der Waals surface area contributed by atoms with Gasteiger partial charge in [-0.05, 0) is 25.0 Å². The molecule has 0 saturated heterocycles. The lowest BCUT2D eigenvalue weighted by Crippen LogP contribution is -2.37. The van der Waals surface area contributed by atoms with Gasteiger partial charge in [0.05, 0.1) is 17.8 Å². The molecule has 1 aliphatic rings. The summed E-state index contributed by atoms with van der Waals surface area (Å²) >= 11 is 0. The van der Waals surface area contributed by atoms with Crippen LogP contribution in [0.5, 0.6) is 0 Å². The summed E-state index contributed by atoms with van der Waals surface area (Å²) in [4.78, 5) is 37.1. The zero-order valence-corrected chi connectivity index (χ0v) is 11.2. The Morgan fingerprint density at radius 2 is 1.79 bits per heavy atom. The molecular formula is C15H17NO3. The first-order valence-corrected chi connectivity index (χ1v) is 6.58. The number of para-hydroxylation sites is 1. The van der Waals surface area contributed by atoms with E-state index in [2.05, 4.69) is 0 Å². The Labute approximate surface area is 112 Å². The van der Waals surface area contributed by atoms with Crippen LogP contribution in [0.1, 0.15) is 37.0 Å². The fraction of sp³-hybridized carbons (Fsp3) is 0.400. The van der Waals surface area contributed by atoms with Crippen LogP contribution in [-0.4, -0.2) is 24.0 Å². The molecule has 0 N–H and O–H groups in total. The maximum absolute atomic E-state index is 12.1. The minimum absolute atomic E-state index is 0.00602. The van der Waals surface area contributed by atoms with Gasteiger partial charge in [-0.3, -0.25) is 19.3 Å². The smallest absolute Gasteiger partial charge is 0.297 e. The topological polar surface area (TPSA) is 54.5 Å². The second-order valence-corrected chi connectivity index (χ2v) is 4.72. The van der Waals surface area contributed by atoms with E-state index in [1.807, 2.05) is 13.8 Å². The lowest BCUT2D eigenvalue weighted by Gasteiger charge is -2.18. The maximum Gasteiger partial charge on any atom is 0.299 e. The SMILES string of the molecule is CCC(CC)C(=O)CN1C(=O)C(=O)c2ccccc21. The third-order valence-corrected chi connectivity index (χ3v) is 3.63. The number of anilines is 1. The number of ketones is 2. The predicted octanol–water partition coefficient (Wildman–Crippen LogP) is 2.22. The van der Waals surface area contributed by atoms with E-state index in [9.17, 15) is 14.4 Å². The van der Waals surface area contributed by atoms with Crippen molar-refractivity contribution in [3.05, 3.63) is 29.8 Å². The number of carbonyl (C=O) groups excluding carboxylic acids is 3. The standard InChI is InChI=1S/C15H17NO3/c1-3-10(4-2)13(17)9-16-12-8-6-5-7-11(12)14(18)15(16)19/h5-8,10H,3-4,9H2,1-2H3. The average molecular weight is 259 g/mol. The first kappa shape index (κ1) is 13.5. The van der Waals surface area contributed by atoms with Gasteiger partial charge >= 0.3 is 0 Å². The molecule has 4 nitrogen and oxygen atoms in total. The van der Waals surface area contributed by atoms with Crippen LogP contribution >= 0.6 is 0 Å². The van der Waals surface area contributed by atoms with Gasteiger partial charge in [-0.1, -0.05) is 26.0 Å². The summed E-state index contributed by atoms with van der Waals surface area (Å²) in [6, 6.07) is 6.81. The number of carbonyl (C=O) groups is 3. The highest BCUT2D eigenvalue weighted by molar-refractivity contribution is 6.52. The van der Waals surface area contributed by atoms with E-state index in [1.165, 1.54) is 4.90 Å². The van der Waals surface area contributed by atoms with Crippen LogP contribution in [0, 0.1) is 5.92 Å². The van der Waals surface area contributed by atoms with Crippen LogP contribution in [-0.2, 0) is 9.59 Å². The number of hydrogen-bond acceptors (Lipinski definition) is 3. The molecule has 1 aliphatic heterocycles. The number of fused-ring (bicyclic) bond motifs is 1. The number of amides is 1. The first-order valence-electron chi connectivity index (χ1n) is 6.58. The van der Waals surface area contributed by atoms with E-state index >= 15 is 0 Å². The molecule has 1 aromatic carbocycles. The number of hydrogen-bond donors (Lipinski definition) is 0. The van der Waals surface area contributed by atoms with Crippen LogP contribution in [0.25, 0.3) is 0 Å². The summed E-state index contributed by atoms with van der Waals surface area (Å²) in [5.74, 6) is -1.15. The number of benzene rings is 1. The van der Waals surface area contributed by atoms with Crippen molar-refractivity contribution in [2.75, 3.05) is 11.4 Å². The summed E-state index contributed by atoms with van der Waals surface area (Å²) in [5.41, 5.74) is 0.946. The minimum Gasteiger partial charge on any atom is -0.297 e. The largest absolute Gasteiger partial charge is 0.299 e. The van der Waals surface area contributed by atoms with Crippen molar-refractivity contribution in [2.45, 2.75) is 26.7 Å². The monoisotopic (exact) mass is 259 g/mol. The van der Waals surface area contributed by atoms with Gasteiger partial charge in [0.1, 0.15) is 0 Å². The molecule has 0 fully saturated rings. The zero-order valence-electron chi connectivity index (χ0n) is 11.2. The van der Waals surface area contributed by atoms with Crippen molar-refractivity contribution >= 4 is 23.2 Å². The molecule has 1 aromatic rings. The number of nitrogens with zero attached hydrogens (tertiary/aromatic N) is 1. The van der Waals surface area contributed by atoms with Crippen LogP contribution in [0.15, 0.2) is 24.3 Å². The average Bonchev–Trinajstić information content (AvgIpc) is 2.66. The van der Waals surface area contributed by atoms with Crippen LogP contribution in [0.2, 0.25) is 0 Å². The Hall–Kier alpha value is -1.97. The van der Waals surface area contributed by atoms with Gasteiger partial charge < -0.3 is 0 Å². The summed E-state index contributed by atoms with van der Waals surface area (Å²) in [6.45, 7) is 3.90. The lowest BCUT2D eigenvalue weighted by atomic mass is 9.98. The molecule has 100 valence electrons. The van der Waals surface area contributed by atoms with E-state index in [-0.39, 0.29) is 18.2 Å². The second kappa shape index (κ2) is 5.34. The van der Waals surface area contributed by atoms with Crippen molar-refractivity contribution in [3.63, 3.8) is 0 Å². The van der Waals surface area contributed by atoms with Crippen molar-refractivity contribution < 1.29 is 14.4 Å². The highest BCUT2D eigenvalue weighted by atomic mass is 16.2. The number of Topliss-reactive ketones (excluding diaryl/α,β-unsaturated/α-hetero) is 2. The molecule has 4 heteroatoms. The molecule has 0 bridgehead atoms. The predicted molar refractivity (Wildman–Crippen MR) is 72.2 cm³/mol. The minimum atomic E-state index is -0.597. The molecule has 0 saturated carbocycles.